The van der Waals surface area contributed by atoms with Crippen LogP contribution in [0.25, 0.3) is 0 Å². The van der Waals surface area contributed by atoms with Crippen molar-refractivity contribution in [2.75, 3.05) is 112 Å². The van der Waals surface area contributed by atoms with Gasteiger partial charge < -0.3 is 30.2 Å². The van der Waals surface area contributed by atoms with E-state index in [0.717, 1.165) is 91.3 Å². The van der Waals surface area contributed by atoms with Crippen LogP contribution in [0.2, 0.25) is 0 Å². The standard InChI is InChI=1S/C28H31F6N5O.C28H31F6N5S/c2*1-19(18-37-12-14-38(15-13-37)24-6-3-21(4-7-24)27(29,30)31)26(40)39-10-8-22(9-11-39)36-23-5-2-20(17-35)25(16-23)28(32,33)34/h2*2-7,16,19,22,36H,8-15,18H2,1H3. The highest BCUT2D eigenvalue weighted by Gasteiger charge is 2.37. The molecule has 432 valence electrons. The van der Waals surface area contributed by atoms with Crippen LogP contribution in [0.1, 0.15) is 72.9 Å². The maximum absolute atomic E-state index is 13.3. The Morgan fingerprint density at radius 3 is 1.20 bits per heavy atom. The van der Waals surface area contributed by atoms with E-state index in [0.29, 0.717) is 96.2 Å². The van der Waals surface area contributed by atoms with Gasteiger partial charge >= 0.3 is 24.7 Å². The van der Waals surface area contributed by atoms with Crippen molar-refractivity contribution in [3.05, 3.63) is 118 Å². The van der Waals surface area contributed by atoms with Crippen LogP contribution in [-0.2, 0) is 29.5 Å². The van der Waals surface area contributed by atoms with Crippen LogP contribution in [0.4, 0.5) is 75.4 Å². The molecule has 8 rings (SSSR count). The topological polar surface area (TPSA) is 108 Å². The number of amides is 1. The maximum Gasteiger partial charge on any atom is 0.417 e. The number of thiocarbonyl (C=S) groups is 1. The zero-order valence-electron chi connectivity index (χ0n) is 44.1. The minimum absolute atomic E-state index is 0.00153. The van der Waals surface area contributed by atoms with Crippen LogP contribution in [0.15, 0.2) is 84.9 Å². The molecule has 0 radical (unpaired) electrons. The summed E-state index contributed by atoms with van der Waals surface area (Å²) in [6.07, 6.45) is -15.3. The van der Waals surface area contributed by atoms with Crippen molar-refractivity contribution in [2.24, 2.45) is 11.8 Å². The Morgan fingerprint density at radius 2 is 0.863 bits per heavy atom. The number of rotatable bonds is 12. The Labute approximate surface area is 462 Å². The summed E-state index contributed by atoms with van der Waals surface area (Å²) in [4.78, 5) is 26.5. The normalized spacial score (nSPS) is 18.4. The van der Waals surface area contributed by atoms with Crippen LogP contribution in [-0.4, -0.2) is 134 Å². The molecule has 4 aromatic rings. The molecule has 4 aliphatic rings. The van der Waals surface area contributed by atoms with Gasteiger partial charge in [0.15, 0.2) is 0 Å². The number of nitrogens with one attached hydrogen (secondary N) is 2. The third-order valence-corrected chi connectivity index (χ3v) is 15.7. The van der Waals surface area contributed by atoms with Gasteiger partial charge in [0.05, 0.1) is 50.5 Å². The number of anilines is 4. The SMILES string of the molecule is CC(CN1CCN(c2ccc(C(F)(F)F)cc2)CC1)C(=O)N1CCC(Nc2ccc(C#N)c(C(F)(F)F)c2)CC1.CC(CN1CCN(c2ccc(C(F)(F)F)cc2)CC1)C(=S)N1CCC(Nc2ccc(C#N)c(C(F)(F)F)c2)CC1. The van der Waals surface area contributed by atoms with Gasteiger partial charge in [-0.3, -0.25) is 14.6 Å². The number of nitrogens with zero attached hydrogens (tertiary/aromatic N) is 8. The first-order valence-electron chi connectivity index (χ1n) is 26.3. The monoisotopic (exact) mass is 1150 g/mol. The molecule has 2 unspecified atom stereocenters. The van der Waals surface area contributed by atoms with Crippen molar-refractivity contribution in [2.45, 2.75) is 76.3 Å². The molecule has 0 saturated carbocycles. The van der Waals surface area contributed by atoms with Crippen molar-refractivity contribution < 1.29 is 57.5 Å². The zero-order valence-corrected chi connectivity index (χ0v) is 44.9. The van der Waals surface area contributed by atoms with Crippen LogP contribution in [0, 0.1) is 34.5 Å². The molecule has 80 heavy (non-hydrogen) atoms. The second kappa shape index (κ2) is 26.0. The van der Waals surface area contributed by atoms with Gasteiger partial charge in [0, 0.05) is 138 Å². The van der Waals surface area contributed by atoms with E-state index in [1.54, 1.807) is 17.0 Å². The average molecular weight is 1150 g/mol. The van der Waals surface area contributed by atoms with E-state index in [1.165, 1.54) is 42.5 Å². The van der Waals surface area contributed by atoms with Crippen LogP contribution in [0.5, 0.6) is 0 Å². The van der Waals surface area contributed by atoms with E-state index in [9.17, 15) is 57.5 Å². The van der Waals surface area contributed by atoms with Crippen LogP contribution in [0.3, 0.4) is 0 Å². The van der Waals surface area contributed by atoms with Gasteiger partial charge in [0.25, 0.3) is 0 Å². The maximum atomic E-state index is 13.3. The van der Waals surface area contributed by atoms with Crippen molar-refractivity contribution in [3.8, 4) is 12.1 Å². The molecule has 4 saturated heterocycles. The number of piperazine rings is 2. The van der Waals surface area contributed by atoms with Crippen molar-refractivity contribution in [3.63, 3.8) is 0 Å². The fourth-order valence-corrected chi connectivity index (χ4v) is 10.8. The third kappa shape index (κ3) is 16.3. The molecule has 24 heteroatoms. The summed E-state index contributed by atoms with van der Waals surface area (Å²) in [6, 6.07) is 20.8. The molecule has 4 heterocycles. The predicted octanol–water partition coefficient (Wildman–Crippen LogP) is 11.7. The van der Waals surface area contributed by atoms with E-state index in [-0.39, 0.29) is 29.8 Å². The highest BCUT2D eigenvalue weighted by Crippen LogP contribution is 2.37. The predicted molar refractivity (Wildman–Crippen MR) is 285 cm³/mol. The van der Waals surface area contributed by atoms with Gasteiger partial charge in [-0.2, -0.15) is 63.2 Å². The smallest absolute Gasteiger partial charge is 0.382 e. The molecule has 4 fully saturated rings. The van der Waals surface area contributed by atoms with Gasteiger partial charge in [-0.15, -0.1) is 0 Å². The van der Waals surface area contributed by atoms with Crippen LogP contribution >= 0.6 is 12.2 Å². The number of carbonyl (C=O) groups is 1. The summed E-state index contributed by atoms with van der Waals surface area (Å²) in [5.41, 5.74) is -1.90. The first kappa shape index (κ1) is 61.1. The van der Waals surface area contributed by atoms with Crippen LogP contribution < -0.4 is 20.4 Å². The summed E-state index contributed by atoms with van der Waals surface area (Å²) in [5.74, 6) is -0.0821. The number of hydrogen-bond acceptors (Lipinski definition) is 10. The average Bonchev–Trinajstić information content (AvgIpc) is 3.44. The number of carbonyl (C=O) groups excluding carboxylic acids is 1. The first-order chi connectivity index (χ1) is 37.7. The van der Waals surface area contributed by atoms with Gasteiger partial charge in [-0.1, -0.05) is 26.1 Å². The molecule has 0 spiro atoms. The van der Waals surface area contributed by atoms with E-state index in [4.69, 9.17) is 22.7 Å². The summed E-state index contributed by atoms with van der Waals surface area (Å²) < 4.78 is 157. The molecular formula is C56H62F12N10OS. The number of likely N-dealkylation sites (tertiary alicyclic amines) is 2. The Kier molecular flexibility index (Phi) is 19.8. The minimum Gasteiger partial charge on any atom is -0.382 e. The van der Waals surface area contributed by atoms with Crippen molar-refractivity contribution in [1.82, 2.24) is 19.6 Å². The summed E-state index contributed by atoms with van der Waals surface area (Å²) in [6.45, 7) is 13.4. The van der Waals surface area contributed by atoms with Crippen molar-refractivity contribution in [1.29, 1.82) is 10.5 Å². The Balaban J connectivity index is 0.000000231. The Bertz CT molecular complexity index is 2610. The van der Waals surface area contributed by atoms with Gasteiger partial charge in [0.1, 0.15) is 0 Å². The molecule has 0 aliphatic carbocycles. The van der Waals surface area contributed by atoms with E-state index >= 15 is 0 Å². The molecular weight excluding hydrogens is 1090 g/mol. The third-order valence-electron chi connectivity index (χ3n) is 15.0. The molecule has 0 bridgehead atoms. The quantitative estimate of drug-likeness (QED) is 0.105. The van der Waals surface area contributed by atoms with Gasteiger partial charge in [-0.25, -0.2) is 0 Å². The number of piperidine rings is 2. The summed E-state index contributed by atoms with van der Waals surface area (Å²) in [7, 11) is 0. The molecule has 2 N–H and O–H groups in total. The second-order valence-corrected chi connectivity index (χ2v) is 21.1. The lowest BCUT2D eigenvalue weighted by atomic mass is 10.0. The molecule has 0 aromatic heterocycles. The zero-order chi connectivity index (χ0) is 58.2. The van der Waals surface area contributed by atoms with Crippen molar-refractivity contribution >= 4 is 45.9 Å². The van der Waals surface area contributed by atoms with Gasteiger partial charge in [0.2, 0.25) is 5.91 Å². The first-order valence-corrected chi connectivity index (χ1v) is 26.7. The lowest BCUT2D eigenvalue weighted by Crippen LogP contribution is -2.50. The molecule has 11 nitrogen and oxygen atoms in total. The summed E-state index contributed by atoms with van der Waals surface area (Å²) >= 11 is 5.78. The minimum atomic E-state index is -4.62. The fourth-order valence-electron chi connectivity index (χ4n) is 10.5. The van der Waals surface area contributed by atoms with E-state index < -0.39 is 58.1 Å². The summed E-state index contributed by atoms with van der Waals surface area (Å²) in [5, 5.41) is 24.2. The van der Waals surface area contributed by atoms with Gasteiger partial charge in [-0.05, 0) is 111 Å². The number of halogens is 12. The van der Waals surface area contributed by atoms with E-state index in [2.05, 4.69) is 37.2 Å². The number of benzene rings is 4. The molecule has 1 amide bonds. The lowest BCUT2D eigenvalue weighted by molar-refractivity contribution is -0.138. The fraction of sp³-hybridized carbons (Fsp3) is 0.500. The number of alkyl halides is 12. The molecule has 2 atom stereocenters. The largest absolute Gasteiger partial charge is 0.417 e. The second-order valence-electron chi connectivity index (χ2n) is 20.7. The Morgan fingerprint density at radius 1 is 0.512 bits per heavy atom. The number of hydrogen-bond donors (Lipinski definition) is 2. The van der Waals surface area contributed by atoms with E-state index in [1.807, 2.05) is 11.8 Å². The highest BCUT2D eigenvalue weighted by atomic mass is 32.1. The number of nitriles is 2. The molecule has 4 aromatic carbocycles. The molecule has 4 aliphatic heterocycles. The lowest BCUT2D eigenvalue weighted by Gasteiger charge is -2.39. The highest BCUT2D eigenvalue weighted by molar-refractivity contribution is 7.80. The Hall–Kier alpha value is -6.50.